The molecule has 0 saturated heterocycles. The summed E-state index contributed by atoms with van der Waals surface area (Å²) in [7, 11) is 3.16. The highest BCUT2D eigenvalue weighted by atomic mass is 16.5. The van der Waals surface area contributed by atoms with Crippen molar-refractivity contribution in [2.45, 2.75) is 19.3 Å². The highest BCUT2D eigenvalue weighted by molar-refractivity contribution is 6.19. The highest BCUT2D eigenvalue weighted by Crippen LogP contribution is 2.63. The quantitative estimate of drug-likeness (QED) is 0.257. The second kappa shape index (κ2) is 10.4. The number of hydrogen-bond donors (Lipinski definition) is 0. The number of ether oxygens (including phenoxy) is 2. The van der Waals surface area contributed by atoms with Gasteiger partial charge in [-0.15, -0.1) is 0 Å². The maximum Gasteiger partial charge on any atom is 0.232 e. The molecular weight excluding hydrogens is 546 g/mol. The van der Waals surface area contributed by atoms with E-state index in [0.29, 0.717) is 28.2 Å². The van der Waals surface area contributed by atoms with Crippen molar-refractivity contribution in [2.24, 2.45) is 5.41 Å². The van der Waals surface area contributed by atoms with Crippen molar-refractivity contribution in [1.82, 2.24) is 0 Å². The van der Waals surface area contributed by atoms with E-state index < -0.39 is 16.6 Å². The molecule has 0 spiro atoms. The van der Waals surface area contributed by atoms with E-state index in [0.717, 1.165) is 33.4 Å². The molecule has 6 heteroatoms. The third-order valence-corrected chi connectivity index (χ3v) is 8.76. The van der Waals surface area contributed by atoms with Crippen molar-refractivity contribution in [3.05, 3.63) is 147 Å². The van der Waals surface area contributed by atoms with Gasteiger partial charge in [-0.1, -0.05) is 77.9 Å². The Balaban J connectivity index is 1.93. The summed E-state index contributed by atoms with van der Waals surface area (Å²) in [6.07, 6.45) is 0. The number of allylic oxidation sites excluding steroid dienone is 3. The first kappa shape index (κ1) is 28.2. The van der Waals surface area contributed by atoms with Crippen LogP contribution in [0.15, 0.2) is 108 Å². The summed E-state index contributed by atoms with van der Waals surface area (Å²) in [6.45, 7) is 3.98. The average Bonchev–Trinajstić information content (AvgIpc) is 3.31. The molecule has 0 aromatic heterocycles. The van der Waals surface area contributed by atoms with Gasteiger partial charge in [-0.05, 0) is 71.5 Å². The van der Waals surface area contributed by atoms with Crippen LogP contribution in [0.4, 0.5) is 0 Å². The van der Waals surface area contributed by atoms with Crippen molar-refractivity contribution in [2.75, 3.05) is 14.2 Å². The zero-order valence-corrected chi connectivity index (χ0v) is 24.7. The summed E-state index contributed by atoms with van der Waals surface area (Å²) < 4.78 is 11.1. The van der Waals surface area contributed by atoms with Crippen LogP contribution in [0.5, 0.6) is 11.5 Å². The first-order valence-corrected chi connectivity index (χ1v) is 14.1. The van der Waals surface area contributed by atoms with E-state index in [2.05, 4.69) is 18.2 Å². The maximum atomic E-state index is 14.3. The number of nitrogens with zero attached hydrogens (tertiary/aromatic N) is 3. The average molecular weight is 574 g/mol. The summed E-state index contributed by atoms with van der Waals surface area (Å²) in [5, 5.41) is 32.1. The summed E-state index contributed by atoms with van der Waals surface area (Å²) in [4.78, 5) is 14.3. The number of methoxy groups -OCH3 is 2. The summed E-state index contributed by atoms with van der Waals surface area (Å²) in [5.74, 6) is 0.395. The molecule has 0 saturated carbocycles. The zero-order chi connectivity index (χ0) is 31.2. The minimum Gasteiger partial charge on any atom is -0.497 e. The molecule has 0 unspecified atom stereocenters. The van der Waals surface area contributed by atoms with Gasteiger partial charge in [-0.3, -0.25) is 4.79 Å². The molecule has 212 valence electrons. The second-order valence-electron chi connectivity index (χ2n) is 11.0. The number of Topliss-reactive ketones (excluding diaryl/α,β-unsaturated/α-hetero) is 1. The van der Waals surface area contributed by atoms with Gasteiger partial charge in [0.1, 0.15) is 23.1 Å². The standard InChI is InChI=1S/C38H27N3O3/c1-23-5-11-26(12-6-23)38(27-13-7-24(2)8-14-27)32-19-29(44-4)17-18-30(32)33(25-9-15-28(43-3)16-10-25)35-34(38)31(20-39)36(42)37(35,21-40)22-41/h5-19H,1-4H3. The fourth-order valence-corrected chi connectivity index (χ4v) is 6.64. The van der Waals surface area contributed by atoms with Crippen molar-refractivity contribution in [1.29, 1.82) is 15.8 Å². The van der Waals surface area contributed by atoms with Crippen LogP contribution in [0.25, 0.3) is 5.57 Å². The molecule has 0 atom stereocenters. The number of carbonyl (C=O) groups is 1. The van der Waals surface area contributed by atoms with Crippen LogP contribution in [0.2, 0.25) is 0 Å². The van der Waals surface area contributed by atoms with Gasteiger partial charge in [-0.2, -0.15) is 15.8 Å². The van der Waals surface area contributed by atoms with Crippen molar-refractivity contribution >= 4 is 11.4 Å². The van der Waals surface area contributed by atoms with Crippen LogP contribution in [0, 0.1) is 53.3 Å². The molecule has 4 aromatic carbocycles. The van der Waals surface area contributed by atoms with Crippen molar-refractivity contribution < 1.29 is 14.3 Å². The predicted octanol–water partition coefficient (Wildman–Crippen LogP) is 6.91. The summed E-state index contributed by atoms with van der Waals surface area (Å²) in [5.41, 5.74) is 3.22. The molecule has 0 fully saturated rings. The van der Waals surface area contributed by atoms with E-state index in [1.165, 1.54) is 0 Å². The Bertz CT molecular complexity index is 1970. The van der Waals surface area contributed by atoms with Crippen LogP contribution < -0.4 is 9.47 Å². The topological polar surface area (TPSA) is 107 Å². The molecule has 2 aliphatic carbocycles. The van der Waals surface area contributed by atoms with Gasteiger partial charge in [0.05, 0.1) is 31.8 Å². The van der Waals surface area contributed by atoms with Gasteiger partial charge in [0.2, 0.25) is 11.2 Å². The Labute approximate surface area is 256 Å². The molecule has 0 amide bonds. The van der Waals surface area contributed by atoms with Crippen LogP contribution in [0.1, 0.15) is 38.9 Å². The zero-order valence-electron chi connectivity index (χ0n) is 24.7. The lowest BCUT2D eigenvalue weighted by molar-refractivity contribution is -0.117. The van der Waals surface area contributed by atoms with Gasteiger partial charge in [-0.25, -0.2) is 0 Å². The first-order chi connectivity index (χ1) is 21.3. The predicted molar refractivity (Wildman–Crippen MR) is 166 cm³/mol. The number of ketones is 1. The lowest BCUT2D eigenvalue weighted by Gasteiger charge is -2.44. The third kappa shape index (κ3) is 3.74. The molecule has 0 radical (unpaired) electrons. The van der Waals surface area contributed by atoms with Gasteiger partial charge in [0.25, 0.3) is 0 Å². The summed E-state index contributed by atoms with van der Waals surface area (Å²) >= 11 is 0. The molecule has 0 aliphatic heterocycles. The number of nitriles is 3. The molecule has 0 N–H and O–H groups in total. The van der Waals surface area contributed by atoms with Gasteiger partial charge in [0.15, 0.2) is 0 Å². The number of benzene rings is 4. The molecule has 4 aromatic rings. The molecule has 6 nitrogen and oxygen atoms in total. The fraction of sp³-hybridized carbons (Fsp3) is 0.158. The Morgan fingerprint density at radius 1 is 0.659 bits per heavy atom. The molecule has 6 rings (SSSR count). The largest absolute Gasteiger partial charge is 0.497 e. The molecule has 0 heterocycles. The van der Waals surface area contributed by atoms with Crippen LogP contribution >= 0.6 is 0 Å². The van der Waals surface area contributed by atoms with Crippen molar-refractivity contribution in [3.8, 4) is 29.7 Å². The highest BCUT2D eigenvalue weighted by Gasteiger charge is 2.62. The normalized spacial score (nSPS) is 15.9. The SMILES string of the molecule is COc1ccc(C2=C3C(=C(C#N)C(=O)C3(C#N)C#N)C(c3ccc(C)cc3)(c3ccc(C)cc3)c3cc(OC)ccc32)cc1. The third-order valence-electron chi connectivity index (χ3n) is 8.76. The number of fused-ring (bicyclic) bond motifs is 2. The molecule has 44 heavy (non-hydrogen) atoms. The van der Waals surface area contributed by atoms with E-state index in [1.807, 2.05) is 92.7 Å². The van der Waals surface area contributed by atoms with Gasteiger partial charge in [0, 0.05) is 11.1 Å². The first-order valence-electron chi connectivity index (χ1n) is 14.1. The second-order valence-corrected chi connectivity index (χ2v) is 11.0. The number of carbonyl (C=O) groups excluding carboxylic acids is 1. The molecule has 0 bridgehead atoms. The van der Waals surface area contributed by atoms with Crippen LogP contribution in [-0.2, 0) is 10.2 Å². The Hall–Kier alpha value is -5.90. The minimum absolute atomic E-state index is 0.205. The van der Waals surface area contributed by atoms with Crippen molar-refractivity contribution in [3.63, 3.8) is 0 Å². The fourth-order valence-electron chi connectivity index (χ4n) is 6.64. The van der Waals surface area contributed by atoms with E-state index in [-0.39, 0.29) is 11.1 Å². The Kier molecular flexibility index (Phi) is 6.69. The Morgan fingerprint density at radius 2 is 1.18 bits per heavy atom. The maximum absolute atomic E-state index is 14.3. The van der Waals surface area contributed by atoms with E-state index in [1.54, 1.807) is 26.4 Å². The number of hydrogen-bond acceptors (Lipinski definition) is 6. The van der Waals surface area contributed by atoms with Gasteiger partial charge >= 0.3 is 0 Å². The Morgan fingerprint density at radius 3 is 1.66 bits per heavy atom. The monoisotopic (exact) mass is 573 g/mol. The van der Waals surface area contributed by atoms with E-state index in [4.69, 9.17) is 9.47 Å². The van der Waals surface area contributed by atoms with Gasteiger partial charge < -0.3 is 9.47 Å². The van der Waals surface area contributed by atoms with Crippen LogP contribution in [0.3, 0.4) is 0 Å². The number of aryl methyl sites for hydroxylation is 2. The molecule has 2 aliphatic rings. The summed E-state index contributed by atoms with van der Waals surface area (Å²) in [6, 6.07) is 35.1. The molecular formula is C38H27N3O3. The number of rotatable bonds is 5. The van der Waals surface area contributed by atoms with Crippen LogP contribution in [-0.4, -0.2) is 20.0 Å². The van der Waals surface area contributed by atoms with E-state index >= 15 is 0 Å². The lowest BCUT2D eigenvalue weighted by Crippen LogP contribution is -2.38. The lowest BCUT2D eigenvalue weighted by atomic mass is 9.56. The van der Waals surface area contributed by atoms with E-state index in [9.17, 15) is 20.6 Å². The minimum atomic E-state index is -2.24. The smallest absolute Gasteiger partial charge is 0.232 e.